The smallest absolute Gasteiger partial charge is 0.119 e. The molecular weight excluding hydrogens is 152 g/mol. The van der Waals surface area contributed by atoms with Gasteiger partial charge in [0.15, 0.2) is 0 Å². The zero-order valence-electron chi connectivity index (χ0n) is 4.70. The van der Waals surface area contributed by atoms with Crippen molar-refractivity contribution >= 4 is 0 Å². The van der Waals surface area contributed by atoms with E-state index in [0.717, 1.165) is 0 Å². The van der Waals surface area contributed by atoms with Crippen LogP contribution in [0.15, 0.2) is 24.3 Å². The summed E-state index contributed by atoms with van der Waals surface area (Å²) in [5.41, 5.74) is 0. The van der Waals surface area contributed by atoms with Gasteiger partial charge in [-0.1, -0.05) is 6.07 Å². The van der Waals surface area contributed by atoms with Crippen molar-refractivity contribution in [2.45, 2.75) is 0 Å². The molecule has 0 aliphatic rings. The molecule has 3 heteroatoms. The van der Waals surface area contributed by atoms with Crippen LogP contribution in [-0.2, 0) is 21.7 Å². The molecule has 0 heterocycles. The quantitative estimate of drug-likeness (QED) is 0.555. The van der Waals surface area contributed by atoms with Crippen molar-refractivity contribution in [3.05, 3.63) is 24.3 Å². The van der Waals surface area contributed by atoms with Crippen molar-refractivity contribution < 1.29 is 31.9 Å². The van der Waals surface area contributed by atoms with Crippen molar-refractivity contribution in [3.63, 3.8) is 0 Å². The van der Waals surface area contributed by atoms with Gasteiger partial charge in [0, 0.05) is 27.8 Å². The Morgan fingerprint density at radius 1 is 1.00 bits per heavy atom. The van der Waals surface area contributed by atoms with Crippen LogP contribution in [0.1, 0.15) is 0 Å². The van der Waals surface area contributed by atoms with Gasteiger partial charge >= 0.3 is 0 Å². The topological polar surface area (TPSA) is 40.5 Å². The molecular formula is C6H6O2Ti. The third-order valence-corrected chi connectivity index (χ3v) is 0.830. The van der Waals surface area contributed by atoms with E-state index in [2.05, 4.69) is 0 Å². The average molecular weight is 158 g/mol. The van der Waals surface area contributed by atoms with Gasteiger partial charge in [-0.15, -0.1) is 0 Å². The Bertz CT molecular complexity index is 171. The largest absolute Gasteiger partial charge is 0.508 e. The molecule has 0 atom stereocenters. The minimum absolute atomic E-state index is 0. The van der Waals surface area contributed by atoms with Gasteiger partial charge in [-0.3, -0.25) is 0 Å². The summed E-state index contributed by atoms with van der Waals surface area (Å²) in [5, 5.41) is 17.3. The molecule has 46 valence electrons. The Kier molecular flexibility index (Phi) is 3.36. The summed E-state index contributed by atoms with van der Waals surface area (Å²) in [4.78, 5) is 0. The predicted molar refractivity (Wildman–Crippen MR) is 29.8 cm³/mol. The third-order valence-electron chi connectivity index (χ3n) is 0.830. The maximum absolute atomic E-state index is 8.65. The monoisotopic (exact) mass is 158 g/mol. The van der Waals surface area contributed by atoms with E-state index < -0.39 is 0 Å². The first-order valence-corrected chi connectivity index (χ1v) is 2.27. The fourth-order valence-corrected chi connectivity index (χ4v) is 0.493. The van der Waals surface area contributed by atoms with Crippen molar-refractivity contribution in [1.82, 2.24) is 0 Å². The first-order valence-electron chi connectivity index (χ1n) is 2.27. The van der Waals surface area contributed by atoms with Gasteiger partial charge in [-0.2, -0.15) is 0 Å². The normalized spacial score (nSPS) is 8.00. The summed E-state index contributed by atoms with van der Waals surface area (Å²) in [5.74, 6) is 0.176. The maximum atomic E-state index is 8.65. The number of hydrogen-bond acceptors (Lipinski definition) is 2. The molecule has 1 aromatic carbocycles. The molecule has 0 aliphatic heterocycles. The molecule has 0 saturated heterocycles. The molecule has 0 bridgehead atoms. The van der Waals surface area contributed by atoms with Gasteiger partial charge in [0.25, 0.3) is 0 Å². The summed E-state index contributed by atoms with van der Waals surface area (Å²) in [7, 11) is 0. The second kappa shape index (κ2) is 3.54. The third kappa shape index (κ3) is 2.54. The van der Waals surface area contributed by atoms with Crippen molar-refractivity contribution in [1.29, 1.82) is 0 Å². The van der Waals surface area contributed by atoms with Crippen molar-refractivity contribution in [3.8, 4) is 11.5 Å². The van der Waals surface area contributed by atoms with Crippen LogP contribution >= 0.6 is 0 Å². The van der Waals surface area contributed by atoms with Gasteiger partial charge in [-0.25, -0.2) is 0 Å². The van der Waals surface area contributed by atoms with E-state index in [1.54, 1.807) is 6.07 Å². The number of benzene rings is 1. The average Bonchev–Trinajstić information content (AvgIpc) is 1.64. The number of phenols is 2. The van der Waals surface area contributed by atoms with E-state index in [9.17, 15) is 0 Å². The minimum Gasteiger partial charge on any atom is -0.508 e. The number of phenolic OH excluding ortho intramolecular Hbond substituents is 2. The molecule has 2 nitrogen and oxygen atoms in total. The second-order valence-electron chi connectivity index (χ2n) is 1.52. The maximum Gasteiger partial charge on any atom is 0.119 e. The van der Waals surface area contributed by atoms with E-state index in [1.807, 2.05) is 0 Å². The van der Waals surface area contributed by atoms with Gasteiger partial charge in [0.1, 0.15) is 11.5 Å². The van der Waals surface area contributed by atoms with E-state index in [-0.39, 0.29) is 33.2 Å². The zero-order chi connectivity index (χ0) is 5.98. The number of rotatable bonds is 0. The van der Waals surface area contributed by atoms with Gasteiger partial charge < -0.3 is 10.2 Å². The fraction of sp³-hybridized carbons (Fsp3) is 0. The standard InChI is InChI=1S/C6H6O2.Ti/c7-5-2-1-3-6(8)4-5;/h1-4,7-8H;. The molecule has 9 heavy (non-hydrogen) atoms. The Morgan fingerprint density at radius 2 is 1.44 bits per heavy atom. The fourth-order valence-electron chi connectivity index (χ4n) is 0.493. The summed E-state index contributed by atoms with van der Waals surface area (Å²) >= 11 is 0. The first kappa shape index (κ1) is 8.53. The summed E-state index contributed by atoms with van der Waals surface area (Å²) in [6.45, 7) is 0. The van der Waals surface area contributed by atoms with E-state index in [0.29, 0.717) is 0 Å². The Labute approximate surface area is 68.0 Å². The molecule has 0 aromatic heterocycles. The van der Waals surface area contributed by atoms with Gasteiger partial charge in [0.05, 0.1) is 0 Å². The summed E-state index contributed by atoms with van der Waals surface area (Å²) in [6, 6.07) is 5.85. The second-order valence-corrected chi connectivity index (χ2v) is 1.52. The molecule has 2 N–H and O–H groups in total. The Morgan fingerprint density at radius 3 is 1.67 bits per heavy atom. The molecule has 0 saturated carbocycles. The van der Waals surface area contributed by atoms with Crippen LogP contribution < -0.4 is 0 Å². The molecule has 1 rings (SSSR count). The first-order chi connectivity index (χ1) is 3.79. The van der Waals surface area contributed by atoms with Crippen LogP contribution in [0.2, 0.25) is 0 Å². The summed E-state index contributed by atoms with van der Waals surface area (Å²) in [6.07, 6.45) is 0. The zero-order valence-corrected chi connectivity index (χ0v) is 6.27. The van der Waals surface area contributed by atoms with E-state index in [4.69, 9.17) is 10.2 Å². The summed E-state index contributed by atoms with van der Waals surface area (Å²) < 4.78 is 0. The molecule has 0 spiro atoms. The minimum atomic E-state index is 0. The molecule has 1 aromatic rings. The molecule has 0 aliphatic carbocycles. The van der Waals surface area contributed by atoms with Gasteiger partial charge in [-0.05, 0) is 12.1 Å². The molecule has 0 fully saturated rings. The van der Waals surface area contributed by atoms with E-state index >= 15 is 0 Å². The molecule has 0 amide bonds. The van der Waals surface area contributed by atoms with Crippen LogP contribution in [-0.4, -0.2) is 10.2 Å². The SMILES string of the molecule is Oc1cccc(O)c1.[Ti]. The van der Waals surface area contributed by atoms with E-state index in [1.165, 1.54) is 18.2 Å². The van der Waals surface area contributed by atoms with Crippen molar-refractivity contribution in [2.75, 3.05) is 0 Å². The van der Waals surface area contributed by atoms with Crippen LogP contribution in [0.25, 0.3) is 0 Å². The van der Waals surface area contributed by atoms with Crippen molar-refractivity contribution in [2.24, 2.45) is 0 Å². The Hall–Kier alpha value is -0.466. The number of hydrogen-bond donors (Lipinski definition) is 2. The van der Waals surface area contributed by atoms with Crippen LogP contribution in [0.5, 0.6) is 11.5 Å². The predicted octanol–water partition coefficient (Wildman–Crippen LogP) is 1.10. The Balaban J connectivity index is 0.000000640. The van der Waals surface area contributed by atoms with Crippen LogP contribution in [0.3, 0.4) is 0 Å². The van der Waals surface area contributed by atoms with Gasteiger partial charge in [0.2, 0.25) is 0 Å². The van der Waals surface area contributed by atoms with Crippen LogP contribution in [0.4, 0.5) is 0 Å². The van der Waals surface area contributed by atoms with Crippen LogP contribution in [0, 0.1) is 0 Å². The molecule has 0 unspecified atom stereocenters. The molecule has 0 radical (unpaired) electrons. The number of aromatic hydroxyl groups is 2.